The summed E-state index contributed by atoms with van der Waals surface area (Å²) in [6.07, 6.45) is 0.392. The van der Waals surface area contributed by atoms with E-state index in [2.05, 4.69) is 17.1 Å². The maximum Gasteiger partial charge on any atom is 0.401 e. The van der Waals surface area contributed by atoms with Crippen molar-refractivity contribution in [3.8, 4) is 0 Å². The van der Waals surface area contributed by atoms with Crippen molar-refractivity contribution in [1.29, 1.82) is 0 Å². The summed E-state index contributed by atoms with van der Waals surface area (Å²) >= 11 is 0. The third-order valence-electron chi connectivity index (χ3n) is 4.74. The van der Waals surface area contributed by atoms with Crippen molar-refractivity contribution >= 4 is 0 Å². The highest BCUT2D eigenvalue weighted by Crippen LogP contribution is 2.22. The van der Waals surface area contributed by atoms with Crippen LogP contribution in [0.3, 0.4) is 0 Å². The zero-order chi connectivity index (χ0) is 15.3. The molecule has 2 aliphatic rings. The average Bonchev–Trinajstić information content (AvgIpc) is 2.71. The van der Waals surface area contributed by atoms with Crippen molar-refractivity contribution in [2.75, 3.05) is 45.8 Å². The van der Waals surface area contributed by atoms with Gasteiger partial charge in [-0.15, -0.1) is 0 Å². The Kier molecular flexibility index (Phi) is 6.32. The third-order valence-corrected chi connectivity index (χ3v) is 4.74. The van der Waals surface area contributed by atoms with Gasteiger partial charge in [0.1, 0.15) is 0 Å². The molecule has 1 N–H and O–H groups in total. The van der Waals surface area contributed by atoms with Gasteiger partial charge in [0.15, 0.2) is 0 Å². The molecular weight excluding hydrogens is 279 g/mol. The fraction of sp³-hybridized carbons (Fsp3) is 1.00. The summed E-state index contributed by atoms with van der Waals surface area (Å²) in [6.45, 7) is 6.91. The number of rotatable bonds is 5. The number of likely N-dealkylation sites (tertiary alicyclic amines) is 2. The van der Waals surface area contributed by atoms with Gasteiger partial charge >= 0.3 is 6.18 Å². The van der Waals surface area contributed by atoms with Gasteiger partial charge in [-0.1, -0.05) is 6.92 Å². The first-order valence-electron chi connectivity index (χ1n) is 8.21. The van der Waals surface area contributed by atoms with Crippen molar-refractivity contribution < 1.29 is 13.2 Å². The molecule has 2 fully saturated rings. The van der Waals surface area contributed by atoms with E-state index in [4.69, 9.17) is 0 Å². The summed E-state index contributed by atoms with van der Waals surface area (Å²) in [5.41, 5.74) is 0. The summed E-state index contributed by atoms with van der Waals surface area (Å²) in [5.74, 6) is 0.373. The molecule has 6 heteroatoms. The smallest absolute Gasteiger partial charge is 0.314 e. The Morgan fingerprint density at radius 1 is 1.05 bits per heavy atom. The van der Waals surface area contributed by atoms with E-state index in [1.54, 1.807) is 0 Å². The molecule has 0 amide bonds. The van der Waals surface area contributed by atoms with Crippen molar-refractivity contribution in [2.24, 2.45) is 5.92 Å². The second kappa shape index (κ2) is 7.79. The molecule has 3 nitrogen and oxygen atoms in total. The number of hydrogen-bond acceptors (Lipinski definition) is 3. The predicted octanol–water partition coefficient (Wildman–Crippen LogP) is 2.33. The Bertz CT molecular complexity index is 309. The molecule has 2 rings (SSSR count). The Balaban J connectivity index is 1.65. The van der Waals surface area contributed by atoms with E-state index in [9.17, 15) is 13.2 Å². The van der Waals surface area contributed by atoms with Crippen LogP contribution in [0.25, 0.3) is 0 Å². The number of alkyl halides is 3. The molecule has 0 saturated carbocycles. The Morgan fingerprint density at radius 2 is 1.81 bits per heavy atom. The predicted molar refractivity (Wildman–Crippen MR) is 78.4 cm³/mol. The van der Waals surface area contributed by atoms with E-state index in [0.717, 1.165) is 32.5 Å². The normalized spacial score (nSPS) is 29.7. The van der Waals surface area contributed by atoms with E-state index >= 15 is 0 Å². The van der Waals surface area contributed by atoms with Gasteiger partial charge in [0.05, 0.1) is 6.54 Å². The van der Waals surface area contributed by atoms with Crippen LogP contribution in [0.5, 0.6) is 0 Å². The van der Waals surface area contributed by atoms with Gasteiger partial charge in [0.25, 0.3) is 0 Å². The second-order valence-electron chi connectivity index (χ2n) is 6.48. The van der Waals surface area contributed by atoms with Crippen LogP contribution in [0.15, 0.2) is 0 Å². The molecule has 2 unspecified atom stereocenters. The summed E-state index contributed by atoms with van der Waals surface area (Å²) in [4.78, 5) is 4.01. The van der Waals surface area contributed by atoms with E-state index in [-0.39, 0.29) is 0 Å². The lowest BCUT2D eigenvalue weighted by atomic mass is 10.1. The Hall–Kier alpha value is -0.330. The number of nitrogens with zero attached hydrogens (tertiary/aromatic N) is 2. The fourth-order valence-corrected chi connectivity index (χ4v) is 3.49. The lowest BCUT2D eigenvalue weighted by molar-refractivity contribution is -0.143. The van der Waals surface area contributed by atoms with Gasteiger partial charge in [0.2, 0.25) is 0 Å². The minimum atomic E-state index is -4.06. The molecule has 0 aromatic carbocycles. The van der Waals surface area contributed by atoms with Crippen LogP contribution >= 0.6 is 0 Å². The summed E-state index contributed by atoms with van der Waals surface area (Å²) in [7, 11) is 0. The molecular formula is C15H28F3N3. The van der Waals surface area contributed by atoms with Crippen LogP contribution in [-0.4, -0.2) is 67.8 Å². The average molecular weight is 307 g/mol. The number of hydrogen-bond donors (Lipinski definition) is 1. The highest BCUT2D eigenvalue weighted by Gasteiger charge is 2.34. The highest BCUT2D eigenvalue weighted by molar-refractivity contribution is 4.81. The van der Waals surface area contributed by atoms with Crippen LogP contribution in [0.2, 0.25) is 0 Å². The maximum absolute atomic E-state index is 12.4. The Morgan fingerprint density at radius 3 is 2.52 bits per heavy atom. The second-order valence-corrected chi connectivity index (χ2v) is 6.48. The molecule has 2 heterocycles. The van der Waals surface area contributed by atoms with Crippen molar-refractivity contribution in [3.05, 3.63) is 0 Å². The first-order valence-corrected chi connectivity index (χ1v) is 8.21. The zero-order valence-corrected chi connectivity index (χ0v) is 13.0. The van der Waals surface area contributed by atoms with Gasteiger partial charge in [-0.2, -0.15) is 13.2 Å². The monoisotopic (exact) mass is 307 g/mol. The van der Waals surface area contributed by atoms with Gasteiger partial charge < -0.3 is 10.2 Å². The minimum Gasteiger partial charge on any atom is -0.314 e. The molecule has 0 spiro atoms. The van der Waals surface area contributed by atoms with Crippen molar-refractivity contribution in [2.45, 2.75) is 44.8 Å². The van der Waals surface area contributed by atoms with E-state index in [1.165, 1.54) is 24.3 Å². The van der Waals surface area contributed by atoms with Crippen LogP contribution in [0, 0.1) is 5.92 Å². The first-order chi connectivity index (χ1) is 9.96. The molecule has 0 aromatic heterocycles. The van der Waals surface area contributed by atoms with E-state index in [1.807, 2.05) is 0 Å². The fourth-order valence-electron chi connectivity index (χ4n) is 3.49. The molecule has 124 valence electrons. The standard InChI is InChI=1S/C15H28F3N3/c1-2-20-7-3-4-14(6-9-20)19-10-13-5-8-21(11-13)12-15(16,17)18/h13-14,19H,2-12H2,1H3. The Labute approximate surface area is 125 Å². The summed E-state index contributed by atoms with van der Waals surface area (Å²) in [6, 6.07) is 0.540. The highest BCUT2D eigenvalue weighted by atomic mass is 19.4. The molecule has 0 bridgehead atoms. The van der Waals surface area contributed by atoms with Crippen LogP contribution in [-0.2, 0) is 0 Å². The van der Waals surface area contributed by atoms with Gasteiger partial charge in [0, 0.05) is 12.6 Å². The molecule has 0 aliphatic carbocycles. The molecule has 2 aliphatic heterocycles. The van der Waals surface area contributed by atoms with Crippen LogP contribution in [0.4, 0.5) is 13.2 Å². The van der Waals surface area contributed by atoms with Crippen LogP contribution in [0.1, 0.15) is 32.6 Å². The first kappa shape index (κ1) is 17.0. The number of nitrogens with one attached hydrogen (secondary N) is 1. The van der Waals surface area contributed by atoms with Gasteiger partial charge in [-0.05, 0) is 64.3 Å². The molecule has 2 saturated heterocycles. The van der Waals surface area contributed by atoms with Gasteiger partial charge in [-0.3, -0.25) is 4.90 Å². The lowest BCUT2D eigenvalue weighted by Crippen LogP contribution is -2.36. The lowest BCUT2D eigenvalue weighted by Gasteiger charge is -2.21. The summed E-state index contributed by atoms with van der Waals surface area (Å²) < 4.78 is 37.1. The minimum absolute atomic E-state index is 0.373. The third kappa shape index (κ3) is 6.12. The van der Waals surface area contributed by atoms with Crippen molar-refractivity contribution in [1.82, 2.24) is 15.1 Å². The van der Waals surface area contributed by atoms with Crippen molar-refractivity contribution in [3.63, 3.8) is 0 Å². The molecule has 0 radical (unpaired) electrons. The molecule has 21 heavy (non-hydrogen) atoms. The number of halogens is 3. The zero-order valence-electron chi connectivity index (χ0n) is 13.0. The molecule has 0 aromatic rings. The van der Waals surface area contributed by atoms with E-state index in [0.29, 0.717) is 25.0 Å². The van der Waals surface area contributed by atoms with Gasteiger partial charge in [-0.25, -0.2) is 0 Å². The SMILES string of the molecule is CCN1CCCC(NCC2CCN(CC(F)(F)F)C2)CC1. The van der Waals surface area contributed by atoms with Crippen LogP contribution < -0.4 is 5.32 Å². The summed E-state index contributed by atoms with van der Waals surface area (Å²) in [5, 5.41) is 3.60. The maximum atomic E-state index is 12.4. The quantitative estimate of drug-likeness (QED) is 0.841. The molecule has 2 atom stereocenters. The van der Waals surface area contributed by atoms with E-state index < -0.39 is 12.7 Å². The largest absolute Gasteiger partial charge is 0.401 e. The topological polar surface area (TPSA) is 18.5 Å².